The zero-order chi connectivity index (χ0) is 17.1. The number of aliphatic imine (C=N–C) groups is 1. The first-order valence-corrected chi connectivity index (χ1v) is 9.32. The van der Waals surface area contributed by atoms with Gasteiger partial charge in [0, 0.05) is 56.0 Å². The summed E-state index contributed by atoms with van der Waals surface area (Å²) < 4.78 is 5.64. The molecule has 1 unspecified atom stereocenters. The lowest BCUT2D eigenvalue weighted by Gasteiger charge is -2.25. The summed E-state index contributed by atoms with van der Waals surface area (Å²) in [7, 11) is 0. The molecule has 2 N–H and O–H groups in total. The fourth-order valence-corrected chi connectivity index (χ4v) is 4.01. The predicted molar refractivity (Wildman–Crippen MR) is 115 cm³/mol. The van der Waals surface area contributed by atoms with Crippen LogP contribution >= 0.6 is 24.0 Å². The predicted octanol–water partition coefficient (Wildman–Crippen LogP) is 2.80. The van der Waals surface area contributed by atoms with Gasteiger partial charge in [0.1, 0.15) is 5.65 Å². The van der Waals surface area contributed by atoms with E-state index in [4.69, 9.17) is 9.73 Å². The minimum Gasteiger partial charge on any atom is -0.381 e. The van der Waals surface area contributed by atoms with Crippen LogP contribution in [0.5, 0.6) is 0 Å². The van der Waals surface area contributed by atoms with Crippen LogP contribution in [0.3, 0.4) is 0 Å². The van der Waals surface area contributed by atoms with Gasteiger partial charge in [0.15, 0.2) is 5.96 Å². The second-order valence-corrected chi connectivity index (χ2v) is 7.17. The van der Waals surface area contributed by atoms with E-state index in [-0.39, 0.29) is 24.0 Å². The van der Waals surface area contributed by atoms with E-state index in [9.17, 15) is 0 Å². The van der Waals surface area contributed by atoms with Crippen LogP contribution in [-0.4, -0.2) is 60.2 Å². The molecular weight excluding hydrogens is 441 g/mol. The quantitative estimate of drug-likeness (QED) is 0.411. The van der Waals surface area contributed by atoms with E-state index in [0.717, 1.165) is 57.4 Å². The highest BCUT2D eigenvalue weighted by molar-refractivity contribution is 14.0. The van der Waals surface area contributed by atoms with E-state index in [0.29, 0.717) is 5.41 Å². The monoisotopic (exact) mass is 469 g/mol. The first kappa shape index (κ1) is 19.4. The van der Waals surface area contributed by atoms with Crippen molar-refractivity contribution >= 4 is 41.0 Å². The van der Waals surface area contributed by atoms with E-state index in [1.807, 2.05) is 12.3 Å². The lowest BCUT2D eigenvalue weighted by molar-refractivity contribution is 0.156. The molecule has 2 aliphatic heterocycles. The van der Waals surface area contributed by atoms with Gasteiger partial charge in [-0.1, -0.05) is 0 Å². The molecule has 0 aliphatic carbocycles. The maximum absolute atomic E-state index is 5.64. The largest absolute Gasteiger partial charge is 0.381 e. The molecule has 4 rings (SSSR count). The number of pyridine rings is 1. The molecule has 2 aliphatic rings. The number of hydrogen-bond donors (Lipinski definition) is 2. The van der Waals surface area contributed by atoms with Gasteiger partial charge >= 0.3 is 0 Å². The van der Waals surface area contributed by atoms with Gasteiger partial charge in [0.25, 0.3) is 0 Å². The molecule has 6 nitrogen and oxygen atoms in total. The number of nitrogens with one attached hydrogen (secondary N) is 2. The van der Waals surface area contributed by atoms with Gasteiger partial charge in [-0.2, -0.15) is 0 Å². The molecule has 0 bridgehead atoms. The van der Waals surface area contributed by atoms with Gasteiger partial charge < -0.3 is 19.9 Å². The standard InChI is InChI=1S/C19H27N5O.HI/c1-2-20-18(24-10-6-19(13-24)7-11-25-14-19)22-9-5-15-12-23-17-16(15)4-3-8-21-17;/h3-4,8,12H,2,5-7,9-11,13-14H2,1H3,(H,20,22)(H,21,23);1H. The lowest BCUT2D eigenvalue weighted by atomic mass is 9.87. The Bertz CT molecular complexity index is 753. The van der Waals surface area contributed by atoms with Crippen molar-refractivity contribution in [3.63, 3.8) is 0 Å². The number of guanidine groups is 1. The van der Waals surface area contributed by atoms with E-state index in [1.54, 1.807) is 0 Å². The van der Waals surface area contributed by atoms with E-state index < -0.39 is 0 Å². The summed E-state index contributed by atoms with van der Waals surface area (Å²) in [4.78, 5) is 14.9. The third-order valence-electron chi connectivity index (χ3n) is 5.44. The molecule has 2 fully saturated rings. The summed E-state index contributed by atoms with van der Waals surface area (Å²) >= 11 is 0. The van der Waals surface area contributed by atoms with E-state index in [2.05, 4.69) is 39.4 Å². The van der Waals surface area contributed by atoms with Crippen molar-refractivity contribution in [1.82, 2.24) is 20.2 Å². The van der Waals surface area contributed by atoms with Gasteiger partial charge in [-0.3, -0.25) is 4.99 Å². The Kier molecular flexibility index (Phi) is 6.39. The number of likely N-dealkylation sites (tertiary alicyclic amines) is 1. The smallest absolute Gasteiger partial charge is 0.193 e. The van der Waals surface area contributed by atoms with Crippen molar-refractivity contribution in [3.8, 4) is 0 Å². The van der Waals surface area contributed by atoms with Crippen LogP contribution in [0.1, 0.15) is 25.3 Å². The Balaban J connectivity index is 0.00000196. The Morgan fingerprint density at radius 2 is 2.38 bits per heavy atom. The Morgan fingerprint density at radius 3 is 3.19 bits per heavy atom. The minimum atomic E-state index is 0. The van der Waals surface area contributed by atoms with Crippen molar-refractivity contribution in [2.24, 2.45) is 10.4 Å². The number of ether oxygens (including phenoxy) is 1. The third-order valence-corrected chi connectivity index (χ3v) is 5.44. The number of hydrogen-bond acceptors (Lipinski definition) is 3. The second-order valence-electron chi connectivity index (χ2n) is 7.17. The molecule has 2 saturated heterocycles. The molecule has 1 spiro atoms. The van der Waals surface area contributed by atoms with Crippen LogP contribution in [0.15, 0.2) is 29.5 Å². The van der Waals surface area contributed by atoms with Crippen LogP contribution in [0.4, 0.5) is 0 Å². The second kappa shape index (κ2) is 8.56. The highest BCUT2D eigenvalue weighted by Gasteiger charge is 2.42. The fourth-order valence-electron chi connectivity index (χ4n) is 4.01. The lowest BCUT2D eigenvalue weighted by Crippen LogP contribution is -2.41. The molecule has 26 heavy (non-hydrogen) atoms. The molecule has 2 aromatic heterocycles. The Hall–Kier alpha value is -1.35. The Morgan fingerprint density at radius 1 is 1.46 bits per heavy atom. The number of fused-ring (bicyclic) bond motifs is 1. The maximum Gasteiger partial charge on any atom is 0.193 e. The van der Waals surface area contributed by atoms with Crippen molar-refractivity contribution in [2.45, 2.75) is 26.2 Å². The van der Waals surface area contributed by atoms with Crippen LogP contribution < -0.4 is 5.32 Å². The third kappa shape index (κ3) is 3.98. The minimum absolute atomic E-state index is 0. The van der Waals surface area contributed by atoms with Gasteiger partial charge in [-0.15, -0.1) is 24.0 Å². The van der Waals surface area contributed by atoms with E-state index >= 15 is 0 Å². The Labute approximate surface area is 171 Å². The number of H-pyrrole nitrogens is 1. The van der Waals surface area contributed by atoms with Crippen LogP contribution in [-0.2, 0) is 11.2 Å². The van der Waals surface area contributed by atoms with Crippen molar-refractivity contribution < 1.29 is 4.74 Å². The molecule has 0 radical (unpaired) electrons. The number of aromatic amines is 1. The molecule has 2 aromatic rings. The average molecular weight is 469 g/mol. The SMILES string of the molecule is CCNC(=NCCc1c[nH]c2ncccc12)N1CCC2(CCOC2)C1.I. The van der Waals surface area contributed by atoms with Crippen molar-refractivity contribution in [2.75, 3.05) is 39.4 Å². The fraction of sp³-hybridized carbons (Fsp3) is 0.579. The van der Waals surface area contributed by atoms with Gasteiger partial charge in [-0.05, 0) is 43.9 Å². The topological polar surface area (TPSA) is 65.5 Å². The zero-order valence-electron chi connectivity index (χ0n) is 15.3. The summed E-state index contributed by atoms with van der Waals surface area (Å²) in [5, 5.41) is 4.66. The average Bonchev–Trinajstić information content (AvgIpc) is 3.36. The maximum atomic E-state index is 5.64. The summed E-state index contributed by atoms with van der Waals surface area (Å²) in [5.41, 5.74) is 2.60. The molecule has 7 heteroatoms. The van der Waals surface area contributed by atoms with Gasteiger partial charge in [-0.25, -0.2) is 4.98 Å². The number of aromatic nitrogens is 2. The summed E-state index contributed by atoms with van der Waals surface area (Å²) in [5.74, 6) is 1.05. The summed E-state index contributed by atoms with van der Waals surface area (Å²) in [6.45, 7) is 7.77. The van der Waals surface area contributed by atoms with E-state index in [1.165, 1.54) is 23.8 Å². The van der Waals surface area contributed by atoms with Crippen molar-refractivity contribution in [1.29, 1.82) is 0 Å². The normalized spacial score (nSPS) is 23.0. The van der Waals surface area contributed by atoms with Crippen molar-refractivity contribution in [3.05, 3.63) is 30.1 Å². The highest BCUT2D eigenvalue weighted by Crippen LogP contribution is 2.38. The summed E-state index contributed by atoms with van der Waals surface area (Å²) in [6.07, 6.45) is 7.19. The molecule has 1 atom stereocenters. The van der Waals surface area contributed by atoms with Crippen LogP contribution in [0.25, 0.3) is 11.0 Å². The molecule has 4 heterocycles. The van der Waals surface area contributed by atoms with Crippen LogP contribution in [0, 0.1) is 5.41 Å². The molecule has 142 valence electrons. The first-order valence-electron chi connectivity index (χ1n) is 9.32. The molecular formula is C19H28IN5O. The number of rotatable bonds is 4. The zero-order valence-corrected chi connectivity index (χ0v) is 17.7. The van der Waals surface area contributed by atoms with Gasteiger partial charge in [0.2, 0.25) is 0 Å². The van der Waals surface area contributed by atoms with Crippen LogP contribution in [0.2, 0.25) is 0 Å². The molecule has 0 saturated carbocycles. The molecule has 0 amide bonds. The first-order chi connectivity index (χ1) is 12.3. The number of halogens is 1. The highest BCUT2D eigenvalue weighted by atomic mass is 127. The molecule has 0 aromatic carbocycles. The van der Waals surface area contributed by atoms with Gasteiger partial charge in [0.05, 0.1) is 6.61 Å². The summed E-state index contributed by atoms with van der Waals surface area (Å²) in [6, 6.07) is 4.10. The number of nitrogens with zero attached hydrogens (tertiary/aromatic N) is 3.